The summed E-state index contributed by atoms with van der Waals surface area (Å²) in [5.74, 6) is 4.56. The highest BCUT2D eigenvalue weighted by Gasteiger charge is 2.42. The van der Waals surface area contributed by atoms with E-state index in [1.165, 1.54) is 52.1 Å². The fourth-order valence-corrected chi connectivity index (χ4v) is 10.7. The number of ether oxygens (including phenoxy) is 1. The predicted molar refractivity (Wildman–Crippen MR) is 304 cm³/mol. The van der Waals surface area contributed by atoms with E-state index in [1.54, 1.807) is 42.5 Å². The van der Waals surface area contributed by atoms with E-state index in [0.717, 1.165) is 72.2 Å². The molecule has 4 N–H and O–H groups in total. The molecule has 0 radical (unpaired) electrons. The second kappa shape index (κ2) is 22.3. The van der Waals surface area contributed by atoms with Crippen molar-refractivity contribution in [2.75, 3.05) is 19.0 Å². The molecule has 0 saturated carbocycles. The molecular formula is C67H76FNO7. The molecule has 76 heavy (non-hydrogen) atoms. The Morgan fingerprint density at radius 3 is 1.72 bits per heavy atom. The second-order valence-electron chi connectivity index (χ2n) is 24.0. The maximum absolute atomic E-state index is 13.4. The summed E-state index contributed by atoms with van der Waals surface area (Å²) in [5, 5.41) is 40.6. The van der Waals surface area contributed by atoms with Crippen LogP contribution in [-0.2, 0) is 40.1 Å². The zero-order valence-corrected chi connectivity index (χ0v) is 46.4. The lowest BCUT2D eigenvalue weighted by Crippen LogP contribution is -2.36. The van der Waals surface area contributed by atoms with Gasteiger partial charge in [-0.1, -0.05) is 134 Å². The summed E-state index contributed by atoms with van der Waals surface area (Å²) in [7, 11) is 4.05. The number of aliphatic hydroxyl groups is 2. The van der Waals surface area contributed by atoms with Gasteiger partial charge in [0.1, 0.15) is 23.3 Å². The number of carbonyl (C=O) groups is 2. The Balaban J connectivity index is 0.000000222. The topological polar surface area (TPSA) is 128 Å². The first-order valence-electron chi connectivity index (χ1n) is 26.4. The van der Waals surface area contributed by atoms with Gasteiger partial charge in [0, 0.05) is 30.9 Å². The van der Waals surface area contributed by atoms with Crippen molar-refractivity contribution in [1.29, 1.82) is 0 Å². The SMILES string of the molecule is CC1(C)CCC(C)(C)c2c(CCc3ccc(F)cc3)cc(C(O)C=Cc3ccc(C(=O)O)cc3)cc21.CN(C)c1ccc(C(C)(C)Oc2cc(C(O)C#Cc3ccc(C(=O)O)cc3)cc3c2C(C)(C)CCC3(C)C)cc1. The molecular weight excluding hydrogens is 950 g/mol. The van der Waals surface area contributed by atoms with E-state index in [1.807, 2.05) is 38.4 Å². The molecule has 9 heteroatoms. The third kappa shape index (κ3) is 13.2. The van der Waals surface area contributed by atoms with Crippen molar-refractivity contribution in [3.05, 3.63) is 206 Å². The molecule has 0 bridgehead atoms. The monoisotopic (exact) mass is 1030 g/mol. The fourth-order valence-electron chi connectivity index (χ4n) is 10.7. The molecule has 0 amide bonds. The van der Waals surface area contributed by atoms with E-state index >= 15 is 0 Å². The van der Waals surface area contributed by atoms with E-state index in [-0.39, 0.29) is 38.6 Å². The molecule has 2 unspecified atom stereocenters. The molecule has 0 aliphatic heterocycles. The van der Waals surface area contributed by atoms with Crippen molar-refractivity contribution >= 4 is 23.7 Å². The van der Waals surface area contributed by atoms with Crippen LogP contribution in [0.25, 0.3) is 6.08 Å². The van der Waals surface area contributed by atoms with Crippen molar-refractivity contribution in [1.82, 2.24) is 0 Å². The van der Waals surface area contributed by atoms with E-state index in [0.29, 0.717) is 11.1 Å². The van der Waals surface area contributed by atoms with Crippen LogP contribution in [0.4, 0.5) is 10.1 Å². The third-order valence-corrected chi connectivity index (χ3v) is 15.7. The quantitative estimate of drug-likeness (QED) is 0.0843. The number of hydrogen-bond donors (Lipinski definition) is 4. The van der Waals surface area contributed by atoms with E-state index in [9.17, 15) is 24.2 Å². The Morgan fingerprint density at radius 1 is 0.658 bits per heavy atom. The third-order valence-electron chi connectivity index (χ3n) is 15.7. The highest BCUT2D eigenvalue weighted by atomic mass is 19.1. The summed E-state index contributed by atoms with van der Waals surface area (Å²) < 4.78 is 20.3. The average molecular weight is 1030 g/mol. The van der Waals surface area contributed by atoms with E-state index < -0.39 is 29.7 Å². The molecule has 0 fully saturated rings. The van der Waals surface area contributed by atoms with Gasteiger partial charge in [-0.15, -0.1) is 0 Å². The van der Waals surface area contributed by atoms with E-state index in [2.05, 4.69) is 128 Å². The number of rotatable bonds is 13. The number of carboxylic acids is 2. The number of benzene rings is 6. The van der Waals surface area contributed by atoms with Crippen molar-refractivity contribution in [2.45, 2.75) is 147 Å². The second-order valence-corrected chi connectivity index (χ2v) is 24.0. The Labute approximate surface area is 450 Å². The van der Waals surface area contributed by atoms with Crippen molar-refractivity contribution in [3.63, 3.8) is 0 Å². The molecule has 8 nitrogen and oxygen atoms in total. The minimum atomic E-state index is -1.03. The number of anilines is 1. The van der Waals surface area contributed by atoms with Gasteiger partial charge >= 0.3 is 11.9 Å². The van der Waals surface area contributed by atoms with Crippen LogP contribution in [0.5, 0.6) is 5.75 Å². The molecule has 0 heterocycles. The van der Waals surface area contributed by atoms with Gasteiger partial charge in [-0.05, 0) is 191 Å². The summed E-state index contributed by atoms with van der Waals surface area (Å²) in [4.78, 5) is 24.3. The summed E-state index contributed by atoms with van der Waals surface area (Å²) in [6, 6.07) is 36.4. The highest BCUT2D eigenvalue weighted by molar-refractivity contribution is 5.88. The van der Waals surface area contributed by atoms with Crippen LogP contribution in [0.3, 0.4) is 0 Å². The van der Waals surface area contributed by atoms with Crippen LogP contribution in [0.2, 0.25) is 0 Å². The Hall–Kier alpha value is -6.99. The number of fused-ring (bicyclic) bond motifs is 2. The van der Waals surface area contributed by atoms with Crippen LogP contribution in [0, 0.1) is 17.7 Å². The molecule has 0 spiro atoms. The molecule has 2 atom stereocenters. The van der Waals surface area contributed by atoms with Gasteiger partial charge in [-0.3, -0.25) is 0 Å². The number of hydrogen-bond acceptors (Lipinski definition) is 6. The number of nitrogens with zero attached hydrogens (tertiary/aromatic N) is 1. The Morgan fingerprint density at radius 2 is 1.17 bits per heavy atom. The smallest absolute Gasteiger partial charge is 0.335 e. The molecule has 6 aromatic rings. The molecule has 0 saturated heterocycles. The Kier molecular flexibility index (Phi) is 16.6. The standard InChI is InChI=1S/C35H41NO4.C32H35FO3/c1-33(2)19-20-34(3,4)31-28(33)21-25(29(37)18-11-23-9-12-24(13-10-23)32(38)39)22-30(31)40-35(5,6)26-14-16-27(17-15-26)36(7)8;1-31(2)17-18-32(3,4)29-24(13-7-22-8-14-26(33)15-9-22)19-25(20-27(29)31)28(34)16-10-21-5-11-23(12-6-21)30(35)36/h9-10,12-17,21-22,29,37H,19-20H2,1-8H3,(H,38,39);5-6,8-12,14-16,19-20,28,34H,7,13,17-18H2,1-4H3,(H,35,36). The lowest BCUT2D eigenvalue weighted by atomic mass is 9.61. The number of aryl methyl sites for hydroxylation is 2. The zero-order valence-electron chi connectivity index (χ0n) is 46.4. The molecule has 398 valence electrons. The summed E-state index contributed by atoms with van der Waals surface area (Å²) in [6.45, 7) is 22.4. The summed E-state index contributed by atoms with van der Waals surface area (Å²) in [5.41, 5.74) is 12.3. The van der Waals surface area contributed by atoms with Crippen LogP contribution in [0.1, 0.15) is 189 Å². The normalized spacial score (nSPS) is 16.6. The molecule has 0 aromatic heterocycles. The fraction of sp³-hybridized carbons (Fsp3) is 0.373. The molecule has 2 aliphatic rings. The lowest BCUT2D eigenvalue weighted by molar-refractivity contribution is 0.0686. The van der Waals surface area contributed by atoms with Gasteiger partial charge in [-0.2, -0.15) is 0 Å². The first kappa shape index (κ1) is 56.7. The first-order valence-corrected chi connectivity index (χ1v) is 26.4. The summed E-state index contributed by atoms with van der Waals surface area (Å²) >= 11 is 0. The number of halogens is 1. The van der Waals surface area contributed by atoms with Gasteiger partial charge in [0.25, 0.3) is 0 Å². The van der Waals surface area contributed by atoms with Crippen molar-refractivity contribution in [3.8, 4) is 17.6 Å². The van der Waals surface area contributed by atoms with Crippen molar-refractivity contribution < 1.29 is 39.1 Å². The first-order chi connectivity index (χ1) is 35.6. The van der Waals surface area contributed by atoms with Gasteiger partial charge in [0.2, 0.25) is 0 Å². The zero-order chi connectivity index (χ0) is 55.5. The number of aliphatic hydroxyl groups excluding tert-OH is 2. The Bertz CT molecular complexity index is 3150. The van der Waals surface area contributed by atoms with Crippen LogP contribution < -0.4 is 9.64 Å². The average Bonchev–Trinajstić information content (AvgIpc) is 3.39. The molecule has 8 rings (SSSR count). The minimum absolute atomic E-state index is 0.00157. The van der Waals surface area contributed by atoms with Gasteiger partial charge in [0.15, 0.2) is 0 Å². The van der Waals surface area contributed by atoms with Crippen LogP contribution in [-0.4, -0.2) is 46.5 Å². The molecule has 6 aromatic carbocycles. The van der Waals surface area contributed by atoms with Gasteiger partial charge in [0.05, 0.1) is 17.2 Å². The lowest BCUT2D eigenvalue weighted by Gasteiger charge is -2.44. The summed E-state index contributed by atoms with van der Waals surface area (Å²) in [6.07, 6.45) is 7.61. The largest absolute Gasteiger partial charge is 0.483 e. The number of carboxylic acid groups (broad SMARTS) is 2. The maximum atomic E-state index is 13.4. The highest BCUT2D eigenvalue weighted by Crippen LogP contribution is 2.52. The van der Waals surface area contributed by atoms with Crippen molar-refractivity contribution in [2.24, 2.45) is 0 Å². The van der Waals surface area contributed by atoms with E-state index in [4.69, 9.17) is 14.9 Å². The maximum Gasteiger partial charge on any atom is 0.335 e. The predicted octanol–water partition coefficient (Wildman–Crippen LogP) is 14.6. The minimum Gasteiger partial charge on any atom is -0.483 e. The number of aromatic carboxylic acids is 2. The van der Waals surface area contributed by atoms with Gasteiger partial charge < -0.3 is 30.1 Å². The molecule has 2 aliphatic carbocycles. The van der Waals surface area contributed by atoms with Crippen LogP contribution in [0.15, 0.2) is 127 Å². The van der Waals surface area contributed by atoms with Gasteiger partial charge in [-0.25, -0.2) is 14.0 Å². The van der Waals surface area contributed by atoms with Crippen LogP contribution >= 0.6 is 0 Å².